The molecule has 3 aromatic rings. The molecule has 1 N–H and O–H groups in total. The van der Waals surface area contributed by atoms with Gasteiger partial charge in [0.15, 0.2) is 0 Å². The second kappa shape index (κ2) is 9.69. The zero-order chi connectivity index (χ0) is 23.4. The van der Waals surface area contributed by atoms with Gasteiger partial charge in [-0.3, -0.25) is 14.5 Å². The van der Waals surface area contributed by atoms with Crippen molar-refractivity contribution in [2.24, 2.45) is 0 Å². The molecule has 4 rings (SSSR count). The largest absolute Gasteiger partial charge is 0.497 e. The van der Waals surface area contributed by atoms with Crippen LogP contribution in [0, 0.1) is 5.82 Å². The number of nitrogens with zero attached hydrogens (tertiary/aromatic N) is 1. The van der Waals surface area contributed by atoms with Crippen LogP contribution >= 0.6 is 0 Å². The van der Waals surface area contributed by atoms with Gasteiger partial charge in [-0.2, -0.15) is 0 Å². The van der Waals surface area contributed by atoms with Gasteiger partial charge in [0.25, 0.3) is 11.8 Å². The van der Waals surface area contributed by atoms with Crippen LogP contribution in [0.2, 0.25) is 0 Å². The van der Waals surface area contributed by atoms with Crippen LogP contribution in [0.1, 0.15) is 23.6 Å². The predicted octanol–water partition coefficient (Wildman–Crippen LogP) is 4.83. The van der Waals surface area contributed by atoms with E-state index in [9.17, 15) is 14.0 Å². The summed E-state index contributed by atoms with van der Waals surface area (Å²) in [7, 11) is 1.60. The van der Waals surface area contributed by atoms with Crippen LogP contribution in [0.15, 0.2) is 78.5 Å². The molecule has 0 saturated heterocycles. The Labute approximate surface area is 192 Å². The molecule has 0 fully saturated rings. The number of amides is 2. The number of ether oxygens (including phenoxy) is 1. The van der Waals surface area contributed by atoms with Crippen LogP contribution in [-0.4, -0.2) is 30.4 Å². The third-order valence-corrected chi connectivity index (χ3v) is 5.72. The fraction of sp³-hybridized carbons (Fsp3) is 0.185. The summed E-state index contributed by atoms with van der Waals surface area (Å²) in [4.78, 5) is 27.9. The zero-order valence-corrected chi connectivity index (χ0v) is 18.6. The maximum Gasteiger partial charge on any atom is 0.278 e. The van der Waals surface area contributed by atoms with E-state index < -0.39 is 17.6 Å². The van der Waals surface area contributed by atoms with E-state index in [0.29, 0.717) is 17.7 Å². The van der Waals surface area contributed by atoms with Gasteiger partial charge in [-0.1, -0.05) is 43.3 Å². The van der Waals surface area contributed by atoms with E-state index in [0.717, 1.165) is 17.7 Å². The Kier molecular flexibility index (Phi) is 6.54. The third kappa shape index (κ3) is 4.80. The zero-order valence-electron chi connectivity index (χ0n) is 18.6. The molecule has 5 nitrogen and oxygen atoms in total. The number of hydrogen-bond acceptors (Lipinski definition) is 4. The number of hydrogen-bond donors (Lipinski definition) is 1. The van der Waals surface area contributed by atoms with E-state index in [4.69, 9.17) is 4.74 Å². The minimum absolute atomic E-state index is 0.200. The molecule has 0 atom stereocenters. The van der Waals surface area contributed by atoms with E-state index in [1.165, 1.54) is 34.7 Å². The minimum Gasteiger partial charge on any atom is -0.497 e. The van der Waals surface area contributed by atoms with Gasteiger partial charge in [0.1, 0.15) is 17.3 Å². The Morgan fingerprint density at radius 3 is 2.09 bits per heavy atom. The van der Waals surface area contributed by atoms with Gasteiger partial charge in [-0.05, 0) is 65.9 Å². The highest BCUT2D eigenvalue weighted by Crippen LogP contribution is 2.31. The van der Waals surface area contributed by atoms with Crippen molar-refractivity contribution < 1.29 is 18.7 Å². The van der Waals surface area contributed by atoms with Gasteiger partial charge < -0.3 is 10.1 Å². The number of imide groups is 1. The molecule has 1 aliphatic heterocycles. The summed E-state index contributed by atoms with van der Waals surface area (Å²) in [5, 5.41) is 3.14. The minimum atomic E-state index is -0.405. The molecular weight excluding hydrogens is 419 g/mol. The van der Waals surface area contributed by atoms with Crippen molar-refractivity contribution in [2.75, 3.05) is 19.0 Å². The average molecular weight is 445 g/mol. The normalized spacial score (nSPS) is 13.6. The second-order valence-corrected chi connectivity index (χ2v) is 7.79. The van der Waals surface area contributed by atoms with Crippen LogP contribution in [0.5, 0.6) is 5.75 Å². The molecule has 1 aliphatic rings. The molecule has 33 heavy (non-hydrogen) atoms. The van der Waals surface area contributed by atoms with Gasteiger partial charge in [0, 0.05) is 12.2 Å². The summed E-state index contributed by atoms with van der Waals surface area (Å²) in [6.07, 6.45) is 1.41. The average Bonchev–Trinajstić information content (AvgIpc) is 3.08. The fourth-order valence-electron chi connectivity index (χ4n) is 3.78. The van der Waals surface area contributed by atoms with Gasteiger partial charge in [-0.15, -0.1) is 0 Å². The summed E-state index contributed by atoms with van der Waals surface area (Å²) in [5.74, 6) is -0.453. The second-order valence-electron chi connectivity index (χ2n) is 7.79. The summed E-state index contributed by atoms with van der Waals surface area (Å²) in [5.41, 5.74) is 3.80. The van der Waals surface area contributed by atoms with Crippen molar-refractivity contribution in [2.45, 2.75) is 19.8 Å². The van der Waals surface area contributed by atoms with Crippen molar-refractivity contribution in [1.29, 1.82) is 0 Å². The fourth-order valence-corrected chi connectivity index (χ4v) is 3.78. The SMILES string of the molecule is CCc1ccc(NC2=C(c3ccc(F)cc3)C(=O)N(CCc3ccc(OC)cc3)C2=O)cc1. The molecule has 168 valence electrons. The molecule has 0 saturated carbocycles. The van der Waals surface area contributed by atoms with E-state index >= 15 is 0 Å². The molecule has 0 spiro atoms. The first-order valence-electron chi connectivity index (χ1n) is 10.9. The lowest BCUT2D eigenvalue weighted by Crippen LogP contribution is -2.34. The Morgan fingerprint density at radius 1 is 0.848 bits per heavy atom. The van der Waals surface area contributed by atoms with Crippen molar-refractivity contribution >= 4 is 23.1 Å². The van der Waals surface area contributed by atoms with E-state index in [2.05, 4.69) is 12.2 Å². The number of aryl methyl sites for hydroxylation is 1. The molecular formula is C27H25FN2O3. The first-order chi connectivity index (χ1) is 16.0. The van der Waals surface area contributed by atoms with Crippen molar-refractivity contribution in [3.63, 3.8) is 0 Å². The number of carbonyl (C=O) groups is 2. The summed E-state index contributed by atoms with van der Waals surface area (Å²) >= 11 is 0. The molecule has 0 radical (unpaired) electrons. The molecule has 0 aromatic heterocycles. The number of methoxy groups -OCH3 is 1. The van der Waals surface area contributed by atoms with E-state index in [1.807, 2.05) is 48.5 Å². The monoisotopic (exact) mass is 444 g/mol. The first-order valence-corrected chi connectivity index (χ1v) is 10.9. The van der Waals surface area contributed by atoms with Crippen LogP contribution < -0.4 is 10.1 Å². The van der Waals surface area contributed by atoms with Crippen molar-refractivity contribution in [3.05, 3.63) is 101 Å². The topological polar surface area (TPSA) is 58.6 Å². The lowest BCUT2D eigenvalue weighted by molar-refractivity contribution is -0.136. The molecule has 1 heterocycles. The van der Waals surface area contributed by atoms with Gasteiger partial charge in [-0.25, -0.2) is 4.39 Å². The summed E-state index contributed by atoms with van der Waals surface area (Å²) in [6, 6.07) is 20.8. The lowest BCUT2D eigenvalue weighted by Gasteiger charge is -2.15. The number of benzene rings is 3. The lowest BCUT2D eigenvalue weighted by atomic mass is 10.0. The number of anilines is 1. The van der Waals surface area contributed by atoms with Gasteiger partial charge >= 0.3 is 0 Å². The van der Waals surface area contributed by atoms with Crippen LogP contribution in [0.3, 0.4) is 0 Å². The highest BCUT2D eigenvalue weighted by molar-refractivity contribution is 6.36. The highest BCUT2D eigenvalue weighted by atomic mass is 19.1. The van der Waals surface area contributed by atoms with E-state index in [-0.39, 0.29) is 17.8 Å². The Balaban J connectivity index is 1.61. The smallest absolute Gasteiger partial charge is 0.278 e. The Bertz CT molecular complexity index is 1180. The summed E-state index contributed by atoms with van der Waals surface area (Å²) in [6.45, 7) is 2.30. The number of carbonyl (C=O) groups excluding carboxylic acids is 2. The maximum atomic E-state index is 13.5. The van der Waals surface area contributed by atoms with Crippen molar-refractivity contribution in [3.8, 4) is 5.75 Å². The standard InChI is InChI=1S/C27H25FN2O3/c1-3-18-4-12-22(13-5-18)29-25-24(20-8-10-21(28)11-9-20)26(31)30(27(25)32)17-16-19-6-14-23(33-2)15-7-19/h4-15,29H,3,16-17H2,1-2H3. The Hall–Kier alpha value is -3.93. The first kappa shape index (κ1) is 22.3. The van der Waals surface area contributed by atoms with Crippen molar-refractivity contribution in [1.82, 2.24) is 4.90 Å². The number of nitrogens with one attached hydrogen (secondary N) is 1. The molecule has 0 unspecified atom stereocenters. The van der Waals surface area contributed by atoms with Gasteiger partial charge in [0.2, 0.25) is 0 Å². The van der Waals surface area contributed by atoms with E-state index in [1.54, 1.807) is 7.11 Å². The molecule has 0 bridgehead atoms. The quantitative estimate of drug-likeness (QED) is 0.506. The van der Waals surface area contributed by atoms with Gasteiger partial charge in [0.05, 0.1) is 12.7 Å². The molecule has 3 aromatic carbocycles. The number of rotatable bonds is 8. The van der Waals surface area contributed by atoms with Crippen LogP contribution in [-0.2, 0) is 22.4 Å². The number of halogens is 1. The Morgan fingerprint density at radius 2 is 1.48 bits per heavy atom. The predicted molar refractivity (Wildman–Crippen MR) is 126 cm³/mol. The van der Waals surface area contributed by atoms with Crippen LogP contribution in [0.25, 0.3) is 5.57 Å². The molecule has 2 amide bonds. The maximum absolute atomic E-state index is 13.5. The third-order valence-electron chi connectivity index (χ3n) is 5.72. The summed E-state index contributed by atoms with van der Waals surface area (Å²) < 4.78 is 18.7. The molecule has 6 heteroatoms. The molecule has 0 aliphatic carbocycles. The highest BCUT2D eigenvalue weighted by Gasteiger charge is 2.38. The van der Waals surface area contributed by atoms with Crippen LogP contribution in [0.4, 0.5) is 10.1 Å².